The van der Waals surface area contributed by atoms with E-state index in [2.05, 4.69) is 0 Å². The summed E-state index contributed by atoms with van der Waals surface area (Å²) in [4.78, 5) is 0. The third-order valence-corrected chi connectivity index (χ3v) is 2.90. The fourth-order valence-corrected chi connectivity index (χ4v) is 1.71. The van der Waals surface area contributed by atoms with Gasteiger partial charge in [-0.25, -0.2) is 13.2 Å². The Morgan fingerprint density at radius 2 is 1.76 bits per heavy atom. The monoisotopic (exact) mass is 267 g/mol. The summed E-state index contributed by atoms with van der Waals surface area (Å²) in [6.45, 7) is 0. The second-order valence-corrected chi connectivity index (χ2v) is 4.12. The van der Waals surface area contributed by atoms with E-state index in [1.165, 1.54) is 0 Å². The van der Waals surface area contributed by atoms with E-state index in [-0.39, 0.29) is 23.9 Å². The summed E-state index contributed by atoms with van der Waals surface area (Å²) < 4.78 is 39.0. The van der Waals surface area contributed by atoms with Crippen molar-refractivity contribution in [3.63, 3.8) is 0 Å². The molecule has 17 heavy (non-hydrogen) atoms. The van der Waals surface area contributed by atoms with Crippen LogP contribution in [-0.2, 0) is 0 Å². The number of nitrogens with two attached hydrogens (primary N) is 1. The van der Waals surface area contributed by atoms with Crippen LogP contribution in [-0.4, -0.2) is 11.2 Å². The molecule has 0 heterocycles. The largest absolute Gasteiger partial charge is 0.391 e. The van der Waals surface area contributed by atoms with Crippen LogP contribution in [0.3, 0.4) is 0 Å². The zero-order valence-electron chi connectivity index (χ0n) is 8.87. The van der Waals surface area contributed by atoms with Crippen molar-refractivity contribution in [2.24, 2.45) is 11.7 Å². The highest BCUT2D eigenvalue weighted by molar-refractivity contribution is 5.85. The van der Waals surface area contributed by atoms with Crippen LogP contribution in [0.4, 0.5) is 13.2 Å². The van der Waals surface area contributed by atoms with E-state index in [9.17, 15) is 18.3 Å². The molecule has 3 N–H and O–H groups in total. The third kappa shape index (κ3) is 2.73. The van der Waals surface area contributed by atoms with E-state index in [1.54, 1.807) is 0 Å². The molecule has 1 aliphatic carbocycles. The first-order valence-electron chi connectivity index (χ1n) is 5.09. The maximum absolute atomic E-state index is 13.4. The van der Waals surface area contributed by atoms with Gasteiger partial charge in [0.15, 0.2) is 17.5 Å². The summed E-state index contributed by atoms with van der Waals surface area (Å²) in [5.74, 6) is -4.07. The lowest BCUT2D eigenvalue weighted by atomic mass is 9.98. The van der Waals surface area contributed by atoms with Crippen molar-refractivity contribution in [1.82, 2.24) is 0 Å². The Hall–Kier alpha value is -0.780. The lowest BCUT2D eigenvalue weighted by Crippen LogP contribution is -2.29. The molecule has 1 fully saturated rings. The topological polar surface area (TPSA) is 46.2 Å². The molecule has 0 amide bonds. The molecule has 2 atom stereocenters. The molecule has 0 aliphatic heterocycles. The normalized spacial score (nSPS) is 18.4. The van der Waals surface area contributed by atoms with E-state index in [0.29, 0.717) is 0 Å². The fourth-order valence-electron chi connectivity index (χ4n) is 1.71. The Morgan fingerprint density at radius 3 is 2.29 bits per heavy atom. The standard InChI is InChI=1S/C11H12F3NO.ClH/c12-7-4-3-6(8(13)9(7)14)10(15)11(16)5-1-2-5;/h3-5,10-11,16H,1-2,15H2;1H/t10-,11+;/m0./s1. The molecule has 6 heteroatoms. The summed E-state index contributed by atoms with van der Waals surface area (Å²) in [6.07, 6.45) is 0.764. The molecule has 1 saturated carbocycles. The first kappa shape index (κ1) is 14.3. The molecule has 0 bridgehead atoms. The van der Waals surface area contributed by atoms with Crippen molar-refractivity contribution in [3.05, 3.63) is 35.1 Å². The number of hydrogen-bond donors (Lipinski definition) is 2. The molecular weight excluding hydrogens is 255 g/mol. The number of aliphatic hydroxyl groups is 1. The Balaban J connectivity index is 0.00000144. The van der Waals surface area contributed by atoms with Gasteiger partial charge in [0, 0.05) is 5.56 Å². The van der Waals surface area contributed by atoms with E-state index in [1.807, 2.05) is 0 Å². The highest BCUT2D eigenvalue weighted by atomic mass is 35.5. The summed E-state index contributed by atoms with van der Waals surface area (Å²) in [5.41, 5.74) is 5.44. The summed E-state index contributed by atoms with van der Waals surface area (Å²) in [6, 6.07) is 0.875. The van der Waals surface area contributed by atoms with Crippen molar-refractivity contribution >= 4 is 12.4 Å². The number of benzene rings is 1. The fraction of sp³-hybridized carbons (Fsp3) is 0.455. The quantitative estimate of drug-likeness (QED) is 0.826. The van der Waals surface area contributed by atoms with Crippen LogP contribution >= 0.6 is 12.4 Å². The van der Waals surface area contributed by atoms with Gasteiger partial charge in [-0.2, -0.15) is 0 Å². The maximum atomic E-state index is 13.4. The van der Waals surface area contributed by atoms with E-state index >= 15 is 0 Å². The van der Waals surface area contributed by atoms with Gasteiger partial charge in [-0.3, -0.25) is 0 Å². The Bertz CT molecular complexity index is 412. The van der Waals surface area contributed by atoms with Gasteiger partial charge < -0.3 is 10.8 Å². The molecule has 0 spiro atoms. The van der Waals surface area contributed by atoms with Gasteiger partial charge in [-0.05, 0) is 24.8 Å². The summed E-state index contributed by atoms with van der Waals surface area (Å²) >= 11 is 0. The molecule has 96 valence electrons. The lowest BCUT2D eigenvalue weighted by Gasteiger charge is -2.19. The first-order chi connectivity index (χ1) is 7.52. The molecule has 0 aromatic heterocycles. The zero-order valence-corrected chi connectivity index (χ0v) is 9.68. The number of aliphatic hydroxyl groups excluding tert-OH is 1. The molecule has 1 aliphatic rings. The first-order valence-corrected chi connectivity index (χ1v) is 5.09. The molecular formula is C11H13ClF3NO. The predicted molar refractivity (Wildman–Crippen MR) is 59.2 cm³/mol. The van der Waals surface area contributed by atoms with Crippen LogP contribution in [0.1, 0.15) is 24.4 Å². The molecule has 1 aromatic rings. The smallest absolute Gasteiger partial charge is 0.194 e. The minimum atomic E-state index is -1.55. The van der Waals surface area contributed by atoms with Crippen LogP contribution in [0.15, 0.2) is 12.1 Å². The van der Waals surface area contributed by atoms with Crippen molar-refractivity contribution in [1.29, 1.82) is 0 Å². The van der Waals surface area contributed by atoms with Gasteiger partial charge in [0.05, 0.1) is 12.1 Å². The second-order valence-electron chi connectivity index (χ2n) is 4.12. The van der Waals surface area contributed by atoms with Gasteiger partial charge in [0.2, 0.25) is 0 Å². The highest BCUT2D eigenvalue weighted by Gasteiger charge is 2.35. The van der Waals surface area contributed by atoms with E-state index in [0.717, 1.165) is 25.0 Å². The van der Waals surface area contributed by atoms with Crippen molar-refractivity contribution in [2.45, 2.75) is 25.0 Å². The zero-order chi connectivity index (χ0) is 11.9. The molecule has 2 rings (SSSR count). The van der Waals surface area contributed by atoms with Crippen LogP contribution in [0.2, 0.25) is 0 Å². The Morgan fingerprint density at radius 1 is 1.18 bits per heavy atom. The van der Waals surface area contributed by atoms with Crippen molar-refractivity contribution in [2.75, 3.05) is 0 Å². The lowest BCUT2D eigenvalue weighted by molar-refractivity contribution is 0.120. The van der Waals surface area contributed by atoms with Gasteiger partial charge >= 0.3 is 0 Å². The number of halogens is 4. The van der Waals surface area contributed by atoms with Gasteiger partial charge in [-0.1, -0.05) is 6.07 Å². The van der Waals surface area contributed by atoms with Crippen molar-refractivity contribution < 1.29 is 18.3 Å². The summed E-state index contributed by atoms with van der Waals surface area (Å²) in [5, 5.41) is 9.69. The minimum Gasteiger partial charge on any atom is -0.391 e. The molecule has 0 unspecified atom stereocenters. The van der Waals surface area contributed by atoms with Crippen molar-refractivity contribution in [3.8, 4) is 0 Å². The van der Waals surface area contributed by atoms with Crippen LogP contribution in [0, 0.1) is 23.4 Å². The summed E-state index contributed by atoms with van der Waals surface area (Å²) in [7, 11) is 0. The van der Waals surface area contributed by atoms with Crippen LogP contribution < -0.4 is 5.73 Å². The van der Waals surface area contributed by atoms with Crippen LogP contribution in [0.5, 0.6) is 0 Å². The van der Waals surface area contributed by atoms with Gasteiger partial charge in [0.25, 0.3) is 0 Å². The average molecular weight is 268 g/mol. The van der Waals surface area contributed by atoms with Gasteiger partial charge in [0.1, 0.15) is 0 Å². The average Bonchev–Trinajstić information content (AvgIpc) is 3.08. The molecule has 0 saturated heterocycles. The maximum Gasteiger partial charge on any atom is 0.194 e. The highest BCUT2D eigenvalue weighted by Crippen LogP contribution is 2.37. The van der Waals surface area contributed by atoms with Gasteiger partial charge in [-0.15, -0.1) is 12.4 Å². The van der Waals surface area contributed by atoms with E-state index < -0.39 is 29.6 Å². The Kier molecular flexibility index (Phi) is 4.41. The minimum absolute atomic E-state index is 0. The SMILES string of the molecule is Cl.N[C@@H](c1ccc(F)c(F)c1F)[C@H](O)C1CC1. The number of rotatable bonds is 3. The second kappa shape index (κ2) is 5.25. The molecule has 1 aromatic carbocycles. The number of hydrogen-bond acceptors (Lipinski definition) is 2. The Labute approximate surface area is 103 Å². The molecule has 2 nitrogen and oxygen atoms in total. The third-order valence-electron chi connectivity index (χ3n) is 2.90. The molecule has 0 radical (unpaired) electrons. The van der Waals surface area contributed by atoms with Crippen LogP contribution in [0.25, 0.3) is 0 Å². The predicted octanol–water partition coefficient (Wildman–Crippen LogP) is 2.30. The van der Waals surface area contributed by atoms with E-state index in [4.69, 9.17) is 5.73 Å².